The van der Waals surface area contributed by atoms with Gasteiger partial charge in [-0.2, -0.15) is 0 Å². The molecule has 0 aliphatic heterocycles. The topological polar surface area (TPSA) is 0 Å². The molecule has 0 amide bonds. The van der Waals surface area contributed by atoms with Gasteiger partial charge in [0, 0.05) is 15.8 Å². The van der Waals surface area contributed by atoms with Crippen LogP contribution in [0.25, 0.3) is 12.2 Å². The SMILES string of the molecule is CC(C)(C)[PH+](C/C=C/c1ccccc1)C(C)(C)C.CC(C)(C)[PH+](C/C=C/c1ccccc1)C(C)(C)C.[Cl][Pd][Cl]. The Labute approximate surface area is 261 Å². The molecule has 0 spiro atoms. The Morgan fingerprint density at radius 2 is 0.744 bits per heavy atom. The van der Waals surface area contributed by atoms with Gasteiger partial charge in [0.15, 0.2) is 0 Å². The molecule has 2 aromatic carbocycles. The Hall–Kier alpha value is 0.0223. The van der Waals surface area contributed by atoms with E-state index in [-0.39, 0.29) is 15.9 Å². The van der Waals surface area contributed by atoms with E-state index in [1.54, 1.807) is 0 Å². The van der Waals surface area contributed by atoms with Crippen molar-refractivity contribution in [2.24, 2.45) is 0 Å². The minimum absolute atomic E-state index is 0.106. The van der Waals surface area contributed by atoms with Gasteiger partial charge in [0.2, 0.25) is 0 Å². The molecule has 0 bridgehead atoms. The Morgan fingerprint density at radius 3 is 0.949 bits per heavy atom. The Morgan fingerprint density at radius 1 is 0.513 bits per heavy atom. The molecule has 0 radical (unpaired) electrons. The molecule has 0 saturated carbocycles. The summed E-state index contributed by atoms with van der Waals surface area (Å²) in [6.07, 6.45) is 11.8. The predicted octanol–water partition coefficient (Wildman–Crippen LogP) is 12.4. The monoisotopic (exact) mass is 702 g/mol. The first kappa shape index (κ1) is 39.0. The third-order valence-corrected chi connectivity index (χ3v) is 15.0. The Bertz CT molecular complexity index is 838. The fraction of sp³-hybridized carbons (Fsp3) is 0.529. The van der Waals surface area contributed by atoms with Crippen molar-refractivity contribution in [3.8, 4) is 0 Å². The molecule has 0 unspecified atom stereocenters. The second-order valence-corrected chi connectivity index (χ2v) is 25.1. The first-order chi connectivity index (χ1) is 17.8. The first-order valence-corrected chi connectivity index (χ1v) is 21.2. The van der Waals surface area contributed by atoms with Crippen LogP contribution in [0.3, 0.4) is 0 Å². The van der Waals surface area contributed by atoms with Crippen molar-refractivity contribution in [2.75, 3.05) is 12.3 Å². The number of hydrogen-bond acceptors (Lipinski definition) is 0. The predicted molar refractivity (Wildman–Crippen MR) is 188 cm³/mol. The van der Waals surface area contributed by atoms with Crippen LogP contribution in [0.4, 0.5) is 0 Å². The number of halogens is 2. The van der Waals surface area contributed by atoms with Gasteiger partial charge >= 0.3 is 35.0 Å². The van der Waals surface area contributed by atoms with E-state index < -0.39 is 15.8 Å². The van der Waals surface area contributed by atoms with Crippen LogP contribution in [0.15, 0.2) is 72.8 Å². The third kappa shape index (κ3) is 18.2. The molecule has 0 heterocycles. The van der Waals surface area contributed by atoms with Crippen molar-refractivity contribution < 1.29 is 15.9 Å². The van der Waals surface area contributed by atoms with Crippen LogP contribution < -0.4 is 0 Å². The van der Waals surface area contributed by atoms with Crippen LogP contribution in [0.5, 0.6) is 0 Å². The number of hydrogen-bond donors (Lipinski definition) is 0. The van der Waals surface area contributed by atoms with E-state index in [9.17, 15) is 0 Å². The van der Waals surface area contributed by atoms with Crippen molar-refractivity contribution in [2.45, 2.75) is 104 Å². The molecule has 2 aromatic rings. The quantitative estimate of drug-likeness (QED) is 0.208. The number of benzene rings is 2. The Balaban J connectivity index is 0.000000673. The van der Waals surface area contributed by atoms with Crippen LogP contribution in [-0.2, 0) is 15.9 Å². The van der Waals surface area contributed by atoms with Crippen molar-refractivity contribution >= 4 is 47.1 Å². The molecule has 0 fully saturated rings. The summed E-state index contributed by atoms with van der Waals surface area (Å²) >= 11 is -0.106. The molecular weight excluding hydrogens is 648 g/mol. The Kier molecular flexibility index (Phi) is 18.5. The molecule has 0 saturated heterocycles. The fourth-order valence-electron chi connectivity index (χ4n) is 5.23. The van der Waals surface area contributed by atoms with Crippen LogP contribution >= 0.6 is 34.9 Å². The minimum atomic E-state index is -0.432. The summed E-state index contributed by atoms with van der Waals surface area (Å²) in [6.45, 7) is 28.7. The van der Waals surface area contributed by atoms with E-state index in [1.807, 2.05) is 0 Å². The number of rotatable bonds is 6. The summed E-state index contributed by atoms with van der Waals surface area (Å²) in [5, 5.41) is 1.79. The average Bonchev–Trinajstić information content (AvgIpc) is 2.79. The van der Waals surface area contributed by atoms with E-state index in [1.165, 1.54) is 23.5 Å². The van der Waals surface area contributed by atoms with Gasteiger partial charge in [0.1, 0.15) is 0 Å². The zero-order valence-electron chi connectivity index (χ0n) is 26.6. The summed E-state index contributed by atoms with van der Waals surface area (Å²) in [5.41, 5.74) is 2.61. The summed E-state index contributed by atoms with van der Waals surface area (Å²) in [4.78, 5) is 0. The zero-order valence-corrected chi connectivity index (χ0v) is 31.6. The summed E-state index contributed by atoms with van der Waals surface area (Å²) in [7, 11) is 8.76. The van der Waals surface area contributed by atoms with Gasteiger partial charge in [0.05, 0.1) is 32.9 Å². The molecule has 0 N–H and O–H groups in total. The van der Waals surface area contributed by atoms with E-state index in [4.69, 9.17) is 19.1 Å². The number of allylic oxidation sites excluding steroid dienone is 2. The van der Waals surface area contributed by atoms with Crippen LogP contribution in [0.2, 0.25) is 0 Å². The molecule has 5 heteroatoms. The molecule has 0 aliphatic rings. The first-order valence-electron chi connectivity index (χ1n) is 13.8. The maximum absolute atomic E-state index is 4.81. The second kappa shape index (κ2) is 18.5. The van der Waals surface area contributed by atoms with Gasteiger partial charge in [-0.1, -0.05) is 72.8 Å². The van der Waals surface area contributed by atoms with Gasteiger partial charge in [-0.15, -0.1) is 0 Å². The molecule has 0 nitrogen and oxygen atoms in total. The normalized spacial score (nSPS) is 13.0. The van der Waals surface area contributed by atoms with Crippen molar-refractivity contribution in [1.82, 2.24) is 0 Å². The summed E-state index contributed by atoms with van der Waals surface area (Å²) in [5.74, 6) is 0. The van der Waals surface area contributed by atoms with E-state index in [0.29, 0.717) is 20.6 Å². The van der Waals surface area contributed by atoms with E-state index >= 15 is 0 Å². The van der Waals surface area contributed by atoms with Gasteiger partial charge < -0.3 is 0 Å². The van der Waals surface area contributed by atoms with E-state index in [2.05, 4.69) is 168 Å². The van der Waals surface area contributed by atoms with Crippen LogP contribution in [0, 0.1) is 0 Å². The molecule has 0 aromatic heterocycles. The van der Waals surface area contributed by atoms with Gasteiger partial charge in [-0.3, -0.25) is 0 Å². The molecule has 39 heavy (non-hydrogen) atoms. The standard InChI is InChI=1S/2C17H27P.2ClH.Pd/c2*1-16(2,3)18(17(4,5)6)14-10-13-15-11-8-7-9-12-15;;;/h2*7-13H,14H2,1-6H3;2*1H;/q;;;;+2/b2*13-10+;;;. The van der Waals surface area contributed by atoms with Gasteiger partial charge in [0.25, 0.3) is 0 Å². The van der Waals surface area contributed by atoms with Gasteiger partial charge in [-0.05, 0) is 106 Å². The summed E-state index contributed by atoms with van der Waals surface area (Å²) in [6, 6.07) is 21.2. The van der Waals surface area contributed by atoms with Crippen LogP contribution in [0.1, 0.15) is 94.2 Å². The zero-order chi connectivity index (χ0) is 30.3. The van der Waals surface area contributed by atoms with Crippen molar-refractivity contribution in [3.05, 3.63) is 83.9 Å². The average molecular weight is 704 g/mol. The third-order valence-electron chi connectivity index (χ3n) is 6.49. The molecular formula is C34H56Cl2P2Pd+2. The van der Waals surface area contributed by atoms with E-state index in [0.717, 1.165) is 0 Å². The van der Waals surface area contributed by atoms with Crippen LogP contribution in [-0.4, -0.2) is 32.9 Å². The molecule has 2 rings (SSSR count). The maximum atomic E-state index is 4.81. The van der Waals surface area contributed by atoms with Gasteiger partial charge in [-0.25, -0.2) is 0 Å². The second-order valence-electron chi connectivity index (χ2n) is 14.0. The van der Waals surface area contributed by atoms with Crippen molar-refractivity contribution in [3.63, 3.8) is 0 Å². The molecule has 0 aliphatic carbocycles. The fourth-order valence-corrected chi connectivity index (χ4v) is 12.9. The summed E-state index contributed by atoms with van der Waals surface area (Å²) < 4.78 is 0. The van der Waals surface area contributed by atoms with Crippen molar-refractivity contribution in [1.29, 1.82) is 0 Å². The molecule has 224 valence electrons. The molecule has 0 atom stereocenters.